The predicted molar refractivity (Wildman–Crippen MR) is 117 cm³/mol. The zero-order valence-electron chi connectivity index (χ0n) is 17.9. The highest BCUT2D eigenvalue weighted by atomic mass is 16.5. The van der Waals surface area contributed by atoms with Crippen LogP contribution in [0.5, 0.6) is 11.6 Å². The number of ether oxygens (including phenoxy) is 1. The van der Waals surface area contributed by atoms with Gasteiger partial charge in [-0.05, 0) is 63.1 Å². The van der Waals surface area contributed by atoms with Gasteiger partial charge >= 0.3 is 5.69 Å². The molecule has 8 heteroatoms. The Bertz CT molecular complexity index is 1190. The number of nitrogens with one attached hydrogen (secondary N) is 1. The van der Waals surface area contributed by atoms with Crippen LogP contribution in [0.3, 0.4) is 0 Å². The monoisotopic (exact) mass is 421 g/mol. The maximum Gasteiger partial charge on any atom is 0.351 e. The maximum absolute atomic E-state index is 12.7. The van der Waals surface area contributed by atoms with Crippen molar-refractivity contribution in [1.29, 1.82) is 0 Å². The molecule has 31 heavy (non-hydrogen) atoms. The summed E-state index contributed by atoms with van der Waals surface area (Å²) in [7, 11) is 0. The average molecular weight is 422 g/mol. The lowest BCUT2D eigenvalue weighted by molar-refractivity contribution is -0.121. The topological polar surface area (TPSA) is 90.5 Å². The number of amides is 1. The zero-order chi connectivity index (χ0) is 21.8. The van der Waals surface area contributed by atoms with E-state index in [-0.39, 0.29) is 24.0 Å². The van der Waals surface area contributed by atoms with Crippen LogP contribution in [0, 0.1) is 13.8 Å². The fraction of sp³-hybridized carbons (Fsp3) is 0.391. The van der Waals surface area contributed by atoms with Gasteiger partial charge in [-0.3, -0.25) is 4.79 Å². The second-order valence-corrected chi connectivity index (χ2v) is 7.87. The molecule has 0 saturated carbocycles. The van der Waals surface area contributed by atoms with Crippen LogP contribution in [-0.2, 0) is 11.3 Å². The summed E-state index contributed by atoms with van der Waals surface area (Å²) in [4.78, 5) is 29.3. The van der Waals surface area contributed by atoms with Crippen LogP contribution in [0.2, 0.25) is 0 Å². The molecule has 0 spiro atoms. The highest BCUT2D eigenvalue weighted by Crippen LogP contribution is 2.27. The van der Waals surface area contributed by atoms with E-state index in [1.165, 1.54) is 35.2 Å². The molecule has 162 valence electrons. The molecule has 1 aromatic carbocycles. The molecule has 0 fully saturated rings. The number of aryl methyl sites for hydroxylation is 1. The van der Waals surface area contributed by atoms with Crippen LogP contribution in [0.15, 0.2) is 47.0 Å². The van der Waals surface area contributed by atoms with Gasteiger partial charge in [-0.25, -0.2) is 18.9 Å². The second-order valence-electron chi connectivity index (χ2n) is 7.87. The number of benzene rings is 1. The molecule has 4 rings (SSSR count). The number of fused-ring (bicyclic) bond motifs is 1. The third-order valence-corrected chi connectivity index (χ3v) is 5.68. The molecule has 0 radical (unpaired) electrons. The Morgan fingerprint density at radius 2 is 2.13 bits per heavy atom. The first-order valence-corrected chi connectivity index (χ1v) is 10.7. The lowest BCUT2D eigenvalue weighted by Crippen LogP contribution is -2.33. The first-order valence-electron chi connectivity index (χ1n) is 10.7. The Hall–Kier alpha value is -3.42. The lowest BCUT2D eigenvalue weighted by atomic mass is 9.97. The number of hydrogen-bond donors (Lipinski definition) is 1. The maximum atomic E-state index is 12.7. The molecule has 2 heterocycles. The van der Waals surface area contributed by atoms with Crippen LogP contribution in [-0.4, -0.2) is 31.6 Å². The standard InChI is InChI=1S/C23H27N5O3/c1-16-7-6-10-19(17(16)2)31-22-21-26-28(23(30)27(21)14-13-25-22)15-20(29)24-12-11-18-8-4-3-5-9-18/h6-8,10,13-14H,3-5,9,11-12,15H2,1-2H3,(H,24,29). The molecular weight excluding hydrogens is 394 g/mol. The Morgan fingerprint density at radius 3 is 2.94 bits per heavy atom. The quantitative estimate of drug-likeness (QED) is 0.591. The Kier molecular flexibility index (Phi) is 6.16. The fourth-order valence-electron chi connectivity index (χ4n) is 3.73. The Balaban J connectivity index is 1.48. The third kappa shape index (κ3) is 4.68. The molecule has 0 bridgehead atoms. The fourth-order valence-corrected chi connectivity index (χ4v) is 3.73. The minimum atomic E-state index is -0.409. The highest BCUT2D eigenvalue weighted by molar-refractivity contribution is 5.75. The first kappa shape index (κ1) is 20.8. The van der Waals surface area contributed by atoms with Gasteiger partial charge in [-0.1, -0.05) is 23.8 Å². The smallest absolute Gasteiger partial charge is 0.351 e. The van der Waals surface area contributed by atoms with Crippen molar-refractivity contribution in [2.24, 2.45) is 0 Å². The summed E-state index contributed by atoms with van der Waals surface area (Å²) in [6.07, 6.45) is 10.8. The van der Waals surface area contributed by atoms with Crippen molar-refractivity contribution in [2.75, 3.05) is 6.54 Å². The van der Waals surface area contributed by atoms with E-state index < -0.39 is 5.69 Å². The van der Waals surface area contributed by atoms with Crippen molar-refractivity contribution in [3.63, 3.8) is 0 Å². The first-order chi connectivity index (χ1) is 15.0. The molecule has 1 amide bonds. The highest BCUT2D eigenvalue weighted by Gasteiger charge is 2.16. The summed E-state index contributed by atoms with van der Waals surface area (Å²) in [5.74, 6) is 0.626. The van der Waals surface area contributed by atoms with E-state index in [1.54, 1.807) is 0 Å². The van der Waals surface area contributed by atoms with Crippen LogP contribution >= 0.6 is 0 Å². The summed E-state index contributed by atoms with van der Waals surface area (Å²) in [6, 6.07) is 5.74. The van der Waals surface area contributed by atoms with Gasteiger partial charge in [-0.2, -0.15) is 0 Å². The van der Waals surface area contributed by atoms with Crippen molar-refractivity contribution in [1.82, 2.24) is 24.5 Å². The van der Waals surface area contributed by atoms with Crippen LogP contribution in [0.25, 0.3) is 5.65 Å². The summed E-state index contributed by atoms with van der Waals surface area (Å²) < 4.78 is 8.44. The van der Waals surface area contributed by atoms with E-state index in [0.717, 1.165) is 35.1 Å². The van der Waals surface area contributed by atoms with Crippen molar-refractivity contribution in [3.05, 3.63) is 63.9 Å². The normalized spacial score (nSPS) is 13.8. The third-order valence-electron chi connectivity index (χ3n) is 5.68. The van der Waals surface area contributed by atoms with Gasteiger partial charge in [0.05, 0.1) is 0 Å². The zero-order valence-corrected chi connectivity index (χ0v) is 17.9. The molecule has 8 nitrogen and oxygen atoms in total. The van der Waals surface area contributed by atoms with Gasteiger partial charge in [0.2, 0.25) is 11.6 Å². The molecular formula is C23H27N5O3. The van der Waals surface area contributed by atoms with Crippen molar-refractivity contribution >= 4 is 11.6 Å². The molecule has 2 aromatic heterocycles. The summed E-state index contributed by atoms with van der Waals surface area (Å²) in [5.41, 5.74) is 3.34. The van der Waals surface area contributed by atoms with Crippen molar-refractivity contribution < 1.29 is 9.53 Å². The van der Waals surface area contributed by atoms with Gasteiger partial charge in [0, 0.05) is 18.9 Å². The van der Waals surface area contributed by atoms with E-state index in [2.05, 4.69) is 21.5 Å². The van der Waals surface area contributed by atoms with Crippen LogP contribution in [0.4, 0.5) is 0 Å². The molecule has 3 aromatic rings. The predicted octanol–water partition coefficient (Wildman–Crippen LogP) is 3.31. The number of rotatable bonds is 7. The second kappa shape index (κ2) is 9.16. The number of aromatic nitrogens is 4. The van der Waals surface area contributed by atoms with E-state index in [9.17, 15) is 9.59 Å². The molecule has 0 atom stereocenters. The molecule has 1 aliphatic rings. The van der Waals surface area contributed by atoms with Gasteiger partial charge in [0.15, 0.2) is 0 Å². The Labute approximate surface area is 180 Å². The van der Waals surface area contributed by atoms with Gasteiger partial charge < -0.3 is 10.1 Å². The average Bonchev–Trinajstić information content (AvgIpc) is 3.08. The minimum Gasteiger partial charge on any atom is -0.436 e. The summed E-state index contributed by atoms with van der Waals surface area (Å²) in [6.45, 7) is 4.37. The minimum absolute atomic E-state index is 0.150. The van der Waals surface area contributed by atoms with Gasteiger partial charge in [0.25, 0.3) is 5.88 Å². The largest absolute Gasteiger partial charge is 0.436 e. The van der Waals surface area contributed by atoms with E-state index >= 15 is 0 Å². The van der Waals surface area contributed by atoms with Crippen LogP contribution in [0.1, 0.15) is 43.2 Å². The molecule has 0 aliphatic heterocycles. The van der Waals surface area contributed by atoms with Gasteiger partial charge in [0.1, 0.15) is 12.3 Å². The SMILES string of the molecule is Cc1cccc(Oc2nccn3c(=O)n(CC(=O)NCCC4=CCCCC4)nc23)c1C. The summed E-state index contributed by atoms with van der Waals surface area (Å²) >= 11 is 0. The number of nitrogens with zero attached hydrogens (tertiary/aromatic N) is 4. The number of allylic oxidation sites excluding steroid dienone is 1. The van der Waals surface area contributed by atoms with Gasteiger partial charge in [-0.15, -0.1) is 5.10 Å². The van der Waals surface area contributed by atoms with E-state index in [4.69, 9.17) is 4.74 Å². The molecule has 0 unspecified atom stereocenters. The summed E-state index contributed by atoms with van der Waals surface area (Å²) in [5, 5.41) is 7.19. The number of hydrogen-bond acceptors (Lipinski definition) is 5. The number of carbonyl (C=O) groups excluding carboxylic acids is 1. The Morgan fingerprint density at radius 1 is 1.26 bits per heavy atom. The molecule has 0 saturated heterocycles. The molecule has 1 N–H and O–H groups in total. The van der Waals surface area contributed by atoms with E-state index in [0.29, 0.717) is 12.3 Å². The molecule has 1 aliphatic carbocycles. The van der Waals surface area contributed by atoms with E-state index in [1.807, 2.05) is 32.0 Å². The van der Waals surface area contributed by atoms with Crippen molar-refractivity contribution in [3.8, 4) is 11.6 Å². The van der Waals surface area contributed by atoms with Crippen LogP contribution < -0.4 is 15.7 Å². The van der Waals surface area contributed by atoms with Crippen molar-refractivity contribution in [2.45, 2.75) is 52.5 Å². The lowest BCUT2D eigenvalue weighted by Gasteiger charge is -2.12. The number of carbonyl (C=O) groups is 1.